The van der Waals surface area contributed by atoms with Crippen molar-refractivity contribution in [2.75, 3.05) is 6.61 Å². The van der Waals surface area contributed by atoms with Gasteiger partial charge in [-0.3, -0.25) is 0 Å². The Morgan fingerprint density at radius 3 is 2.58 bits per heavy atom. The second-order valence-electron chi connectivity index (χ2n) is 3.97. The largest absolute Gasteiger partial charge is 0.462 e. The summed E-state index contributed by atoms with van der Waals surface area (Å²) in [5.41, 5.74) is 0. The smallest absolute Gasteiger partial charge is 0.294 e. The van der Waals surface area contributed by atoms with Gasteiger partial charge in [0.2, 0.25) is 6.29 Å². The van der Waals surface area contributed by atoms with E-state index in [4.69, 9.17) is 9.47 Å². The van der Waals surface area contributed by atoms with Gasteiger partial charge in [-0.25, -0.2) is 0 Å². The molecule has 0 saturated carbocycles. The maximum atomic E-state index is 10.1. The zero-order valence-electron chi connectivity index (χ0n) is 9.79. The fourth-order valence-corrected chi connectivity index (χ4v) is 1.72. The van der Waals surface area contributed by atoms with E-state index in [9.17, 15) is 20.3 Å². The molecule has 1 saturated heterocycles. The van der Waals surface area contributed by atoms with Crippen LogP contribution in [0.15, 0.2) is 30.3 Å². The lowest BCUT2D eigenvalue weighted by Crippen LogP contribution is -2.36. The van der Waals surface area contributed by atoms with Crippen LogP contribution in [0.25, 0.3) is 0 Å². The van der Waals surface area contributed by atoms with Crippen molar-refractivity contribution in [2.24, 2.45) is 0 Å². The molecule has 0 spiro atoms. The van der Waals surface area contributed by atoms with Gasteiger partial charge in [-0.2, -0.15) is 0 Å². The van der Waals surface area contributed by atoms with Crippen molar-refractivity contribution in [3.8, 4) is 5.75 Å². The van der Waals surface area contributed by atoms with Crippen LogP contribution in [0.2, 0.25) is 0 Å². The molecular formula is C11H13NO7. The van der Waals surface area contributed by atoms with Crippen LogP contribution in [0.1, 0.15) is 0 Å². The number of hydrogen-bond acceptors (Lipinski definition) is 7. The van der Waals surface area contributed by atoms with Gasteiger partial charge in [-0.1, -0.05) is 18.2 Å². The Labute approximate surface area is 108 Å². The van der Waals surface area contributed by atoms with Gasteiger partial charge in [-0.05, 0) is 12.1 Å². The number of aliphatic hydroxyl groups excluding tert-OH is 2. The average Bonchev–Trinajstić information content (AvgIpc) is 2.66. The molecule has 0 radical (unpaired) electrons. The fourth-order valence-electron chi connectivity index (χ4n) is 1.72. The van der Waals surface area contributed by atoms with Gasteiger partial charge in [-0.15, -0.1) is 10.1 Å². The summed E-state index contributed by atoms with van der Waals surface area (Å²) in [6.45, 7) is -0.472. The van der Waals surface area contributed by atoms with Crippen LogP contribution in [0.4, 0.5) is 0 Å². The predicted molar refractivity (Wildman–Crippen MR) is 60.7 cm³/mol. The van der Waals surface area contributed by atoms with Crippen LogP contribution in [0.5, 0.6) is 5.75 Å². The Morgan fingerprint density at radius 1 is 1.26 bits per heavy atom. The highest BCUT2D eigenvalue weighted by atomic mass is 17.0. The molecule has 1 aliphatic rings. The van der Waals surface area contributed by atoms with Gasteiger partial charge in [0.25, 0.3) is 5.09 Å². The number of ether oxygens (including phenoxy) is 2. The quantitative estimate of drug-likeness (QED) is 0.559. The molecule has 2 rings (SSSR count). The van der Waals surface area contributed by atoms with Crippen LogP contribution in [-0.4, -0.2) is 46.5 Å². The molecule has 0 aliphatic carbocycles. The highest BCUT2D eigenvalue weighted by molar-refractivity contribution is 5.21. The second-order valence-corrected chi connectivity index (χ2v) is 3.97. The molecule has 4 atom stereocenters. The Kier molecular flexibility index (Phi) is 4.15. The second kappa shape index (κ2) is 5.83. The number of rotatable bonds is 5. The molecule has 104 valence electrons. The first-order chi connectivity index (χ1) is 9.08. The summed E-state index contributed by atoms with van der Waals surface area (Å²) >= 11 is 0. The molecule has 1 heterocycles. The first kappa shape index (κ1) is 13.5. The third kappa shape index (κ3) is 3.31. The van der Waals surface area contributed by atoms with Crippen LogP contribution < -0.4 is 4.74 Å². The van der Waals surface area contributed by atoms with Crippen molar-refractivity contribution < 1.29 is 29.6 Å². The SMILES string of the molecule is O=[N+]([O-])OC[C@H]1O[C@H](Oc2ccccc2)[C@@H](O)[C@@H]1O. The fraction of sp³-hybridized carbons (Fsp3) is 0.455. The minimum absolute atomic E-state index is 0.453. The molecule has 1 fully saturated rings. The van der Waals surface area contributed by atoms with E-state index in [2.05, 4.69) is 4.84 Å². The van der Waals surface area contributed by atoms with Crippen molar-refractivity contribution in [1.82, 2.24) is 0 Å². The minimum atomic E-state index is -1.31. The van der Waals surface area contributed by atoms with Gasteiger partial charge in [0.15, 0.2) is 0 Å². The first-order valence-corrected chi connectivity index (χ1v) is 5.58. The number of benzene rings is 1. The highest BCUT2D eigenvalue weighted by Crippen LogP contribution is 2.24. The first-order valence-electron chi connectivity index (χ1n) is 5.58. The maximum Gasteiger partial charge on any atom is 0.294 e. The van der Waals surface area contributed by atoms with Crippen molar-refractivity contribution in [2.45, 2.75) is 24.6 Å². The summed E-state index contributed by atoms with van der Waals surface area (Å²) in [4.78, 5) is 14.2. The van der Waals surface area contributed by atoms with Crippen molar-refractivity contribution >= 4 is 0 Å². The normalized spacial score (nSPS) is 30.0. The highest BCUT2D eigenvalue weighted by Gasteiger charge is 2.44. The molecule has 8 heteroatoms. The van der Waals surface area contributed by atoms with Crippen LogP contribution >= 0.6 is 0 Å². The van der Waals surface area contributed by atoms with Crippen LogP contribution in [0, 0.1) is 10.1 Å². The Hall–Kier alpha value is -1.90. The van der Waals surface area contributed by atoms with E-state index in [1.165, 1.54) is 0 Å². The molecule has 0 bridgehead atoms. The van der Waals surface area contributed by atoms with Crippen molar-refractivity contribution in [3.05, 3.63) is 40.4 Å². The lowest BCUT2D eigenvalue weighted by molar-refractivity contribution is -0.759. The lowest BCUT2D eigenvalue weighted by atomic mass is 10.1. The van der Waals surface area contributed by atoms with Gasteiger partial charge >= 0.3 is 0 Å². The number of para-hydroxylation sites is 1. The molecule has 0 aromatic heterocycles. The lowest BCUT2D eigenvalue weighted by Gasteiger charge is -2.16. The molecule has 8 nitrogen and oxygen atoms in total. The zero-order chi connectivity index (χ0) is 13.8. The van der Waals surface area contributed by atoms with E-state index >= 15 is 0 Å². The Morgan fingerprint density at radius 2 is 1.95 bits per heavy atom. The van der Waals surface area contributed by atoms with Gasteiger partial charge in [0, 0.05) is 0 Å². The van der Waals surface area contributed by atoms with E-state index in [0.717, 1.165) is 0 Å². The Balaban J connectivity index is 1.94. The average molecular weight is 271 g/mol. The summed E-state index contributed by atoms with van der Waals surface area (Å²) in [6, 6.07) is 8.58. The summed E-state index contributed by atoms with van der Waals surface area (Å²) < 4.78 is 10.5. The van der Waals surface area contributed by atoms with Gasteiger partial charge in [0.05, 0.1) is 0 Å². The van der Waals surface area contributed by atoms with E-state index in [1.807, 2.05) is 0 Å². The molecular weight excluding hydrogens is 258 g/mol. The minimum Gasteiger partial charge on any atom is -0.462 e. The molecule has 19 heavy (non-hydrogen) atoms. The summed E-state index contributed by atoms with van der Waals surface area (Å²) in [6.07, 6.45) is -4.74. The molecule has 0 unspecified atom stereocenters. The molecule has 1 aromatic carbocycles. The maximum absolute atomic E-state index is 10.1. The predicted octanol–water partition coefficient (Wildman–Crippen LogP) is -0.280. The van der Waals surface area contributed by atoms with Gasteiger partial charge in [0.1, 0.15) is 30.7 Å². The third-order valence-electron chi connectivity index (χ3n) is 2.66. The number of hydrogen-bond donors (Lipinski definition) is 2. The van der Waals surface area contributed by atoms with Crippen LogP contribution in [-0.2, 0) is 9.57 Å². The number of nitrogens with zero attached hydrogens (tertiary/aromatic N) is 1. The van der Waals surface area contributed by atoms with Crippen molar-refractivity contribution in [1.29, 1.82) is 0 Å². The van der Waals surface area contributed by atoms with E-state index in [1.54, 1.807) is 30.3 Å². The monoisotopic (exact) mass is 271 g/mol. The van der Waals surface area contributed by atoms with Crippen molar-refractivity contribution in [3.63, 3.8) is 0 Å². The molecule has 2 N–H and O–H groups in total. The summed E-state index contributed by atoms with van der Waals surface area (Å²) in [5, 5.41) is 28.5. The summed E-state index contributed by atoms with van der Waals surface area (Å²) in [7, 11) is 0. The summed E-state index contributed by atoms with van der Waals surface area (Å²) in [5.74, 6) is 0.453. The third-order valence-corrected chi connectivity index (χ3v) is 2.66. The number of aliphatic hydroxyl groups is 2. The van der Waals surface area contributed by atoms with E-state index in [-0.39, 0.29) is 0 Å². The van der Waals surface area contributed by atoms with E-state index < -0.39 is 36.3 Å². The van der Waals surface area contributed by atoms with E-state index in [0.29, 0.717) is 5.75 Å². The van der Waals surface area contributed by atoms with Gasteiger partial charge < -0.3 is 24.5 Å². The van der Waals surface area contributed by atoms with Crippen LogP contribution in [0.3, 0.4) is 0 Å². The zero-order valence-corrected chi connectivity index (χ0v) is 9.79. The molecule has 1 aliphatic heterocycles. The molecule has 0 amide bonds. The Bertz CT molecular complexity index is 426. The molecule has 1 aromatic rings. The standard InChI is InChI=1S/C11H13NO7/c13-9-8(6-17-12(15)16)19-11(10(9)14)18-7-4-2-1-3-5-7/h1-5,8-11,13-14H,6H2/t8-,9-,10+,11+/m1/s1. The topological polar surface area (TPSA) is 111 Å².